The number of carbonyl (C=O) groups excluding carboxylic acids is 1. The molecule has 0 saturated carbocycles. The van der Waals surface area contributed by atoms with Crippen molar-refractivity contribution in [2.75, 3.05) is 0 Å². The van der Waals surface area contributed by atoms with Crippen molar-refractivity contribution >= 4 is 21.7 Å². The van der Waals surface area contributed by atoms with E-state index in [4.69, 9.17) is 0 Å². The van der Waals surface area contributed by atoms with Gasteiger partial charge in [-0.15, -0.1) is 0 Å². The van der Waals surface area contributed by atoms with Crippen LogP contribution in [0.25, 0.3) is 0 Å². The second-order valence-electron chi connectivity index (χ2n) is 2.42. The van der Waals surface area contributed by atoms with Crippen molar-refractivity contribution in [2.24, 2.45) is 0 Å². The van der Waals surface area contributed by atoms with Crippen LogP contribution < -0.4 is 0 Å². The van der Waals surface area contributed by atoms with E-state index in [2.05, 4.69) is 25.9 Å². The number of nitrogens with zero attached hydrogens (tertiary/aromatic N) is 2. The Morgan fingerprint density at radius 1 is 1.36 bits per heavy atom. The molecule has 0 atom stereocenters. The Balaban J connectivity index is 2.71. The molecule has 0 radical (unpaired) electrons. The topological polar surface area (TPSA) is 42.9 Å². The molecule has 1 aromatic rings. The van der Waals surface area contributed by atoms with Crippen molar-refractivity contribution in [2.45, 2.75) is 12.6 Å². The van der Waals surface area contributed by atoms with Gasteiger partial charge < -0.3 is 0 Å². The molecule has 0 N–H and O–H groups in total. The molecule has 0 fully saturated rings. The van der Waals surface area contributed by atoms with E-state index in [0.717, 1.165) is 0 Å². The smallest absolute Gasteiger partial charge is 0.289 e. The fourth-order valence-corrected chi connectivity index (χ4v) is 0.879. The third-order valence-electron chi connectivity index (χ3n) is 1.31. The van der Waals surface area contributed by atoms with E-state index in [-0.39, 0.29) is 5.82 Å². The van der Waals surface area contributed by atoms with Crippen molar-refractivity contribution in [3.05, 3.63) is 22.7 Å². The Bertz CT molecular complexity index is 336. The van der Waals surface area contributed by atoms with Gasteiger partial charge in [0.25, 0.3) is 0 Å². The average Bonchev–Trinajstić information content (AvgIpc) is 2.07. The van der Waals surface area contributed by atoms with Crippen LogP contribution in [0.3, 0.4) is 0 Å². The van der Waals surface area contributed by atoms with E-state index in [9.17, 15) is 18.0 Å². The van der Waals surface area contributed by atoms with Crippen molar-refractivity contribution in [3.63, 3.8) is 0 Å². The summed E-state index contributed by atoms with van der Waals surface area (Å²) in [6, 6.07) is 0. The van der Waals surface area contributed by atoms with Gasteiger partial charge >= 0.3 is 6.18 Å². The normalized spacial score (nSPS) is 11.4. The van der Waals surface area contributed by atoms with Gasteiger partial charge in [-0.1, -0.05) is 0 Å². The minimum atomic E-state index is -4.82. The molecule has 3 nitrogen and oxygen atoms in total. The number of rotatable bonds is 2. The molecule has 0 unspecified atom stereocenters. The predicted molar refractivity (Wildman–Crippen MR) is 44.5 cm³/mol. The second kappa shape index (κ2) is 4.04. The lowest BCUT2D eigenvalue weighted by Crippen LogP contribution is -2.25. The zero-order chi connectivity index (χ0) is 10.8. The molecule has 0 aromatic carbocycles. The molecule has 76 valence electrons. The first kappa shape index (κ1) is 11.1. The highest BCUT2D eigenvalue weighted by Crippen LogP contribution is 2.17. The van der Waals surface area contributed by atoms with Crippen molar-refractivity contribution in [1.29, 1.82) is 0 Å². The van der Waals surface area contributed by atoms with Crippen LogP contribution in [0.15, 0.2) is 16.9 Å². The first-order chi connectivity index (χ1) is 6.39. The number of alkyl halides is 3. The van der Waals surface area contributed by atoms with E-state index in [1.165, 1.54) is 12.4 Å². The summed E-state index contributed by atoms with van der Waals surface area (Å²) in [5.41, 5.74) is 0. The maximum absolute atomic E-state index is 11.8. The van der Waals surface area contributed by atoms with Gasteiger partial charge in [0, 0.05) is 12.4 Å². The molecule has 7 heteroatoms. The summed E-state index contributed by atoms with van der Waals surface area (Å²) in [7, 11) is 0. The number of halogens is 4. The Labute approximate surface area is 85.5 Å². The first-order valence-electron chi connectivity index (χ1n) is 3.46. The molecule has 0 aliphatic carbocycles. The van der Waals surface area contributed by atoms with Crippen LogP contribution in [0.1, 0.15) is 5.82 Å². The van der Waals surface area contributed by atoms with Gasteiger partial charge in [-0.25, -0.2) is 9.97 Å². The number of ketones is 1. The molecule has 1 aromatic heterocycles. The zero-order valence-corrected chi connectivity index (χ0v) is 8.26. The summed E-state index contributed by atoms with van der Waals surface area (Å²) in [6.07, 6.45) is -3.08. The molecule has 0 aliphatic heterocycles. The highest BCUT2D eigenvalue weighted by molar-refractivity contribution is 9.10. The number of Topliss-reactive ketones (excluding diaryl/α,β-unsaturated/α-hetero) is 1. The van der Waals surface area contributed by atoms with Gasteiger partial charge in [-0.05, 0) is 15.9 Å². The molecule has 1 rings (SSSR count). The molecule has 0 saturated heterocycles. The minimum absolute atomic E-state index is 0.143. The third kappa shape index (κ3) is 3.06. The van der Waals surface area contributed by atoms with Gasteiger partial charge in [0.05, 0.1) is 10.9 Å². The Hall–Kier alpha value is -0.980. The summed E-state index contributed by atoms with van der Waals surface area (Å²) < 4.78 is 35.9. The van der Waals surface area contributed by atoms with Crippen LogP contribution in [-0.4, -0.2) is 21.9 Å². The predicted octanol–water partition coefficient (Wildman–Crippen LogP) is 1.91. The van der Waals surface area contributed by atoms with E-state index < -0.39 is 18.4 Å². The second-order valence-corrected chi connectivity index (χ2v) is 3.33. The molecule has 1 heterocycles. The number of aromatic nitrogens is 2. The average molecular weight is 269 g/mol. The van der Waals surface area contributed by atoms with Gasteiger partial charge in [0.2, 0.25) is 5.78 Å². The Morgan fingerprint density at radius 3 is 2.29 bits per heavy atom. The van der Waals surface area contributed by atoms with E-state index in [1.807, 2.05) is 0 Å². The molecule has 0 aliphatic rings. The Kier molecular flexibility index (Phi) is 3.20. The van der Waals surface area contributed by atoms with Gasteiger partial charge in [0.15, 0.2) is 0 Å². The fraction of sp³-hybridized carbons (Fsp3) is 0.286. The van der Waals surface area contributed by atoms with Crippen LogP contribution >= 0.6 is 15.9 Å². The van der Waals surface area contributed by atoms with E-state index >= 15 is 0 Å². The van der Waals surface area contributed by atoms with Crippen LogP contribution in [-0.2, 0) is 11.2 Å². The van der Waals surface area contributed by atoms with E-state index in [0.29, 0.717) is 4.47 Å². The lowest BCUT2D eigenvalue weighted by atomic mass is 10.2. The standard InChI is InChI=1S/C7H4BrF3N2O/c8-4-2-12-6(13-3-4)1-5(14)7(9,10)11/h2-3H,1H2. The van der Waals surface area contributed by atoms with Gasteiger partial charge in [-0.3, -0.25) is 4.79 Å². The van der Waals surface area contributed by atoms with Crippen LogP contribution in [0.4, 0.5) is 13.2 Å². The SMILES string of the molecule is O=C(Cc1ncc(Br)cn1)C(F)(F)F. The third-order valence-corrected chi connectivity index (χ3v) is 1.72. The monoisotopic (exact) mass is 268 g/mol. The highest BCUT2D eigenvalue weighted by Gasteiger charge is 2.38. The summed E-state index contributed by atoms with van der Waals surface area (Å²) in [6.45, 7) is 0. The highest BCUT2D eigenvalue weighted by atomic mass is 79.9. The maximum Gasteiger partial charge on any atom is 0.450 e. The van der Waals surface area contributed by atoms with Crippen molar-refractivity contribution in [3.8, 4) is 0 Å². The number of hydrogen-bond acceptors (Lipinski definition) is 3. The molecule has 0 bridgehead atoms. The Morgan fingerprint density at radius 2 is 1.86 bits per heavy atom. The lowest BCUT2D eigenvalue weighted by molar-refractivity contribution is -0.170. The summed E-state index contributed by atoms with van der Waals surface area (Å²) in [5.74, 6) is -1.99. The van der Waals surface area contributed by atoms with Gasteiger partial charge in [-0.2, -0.15) is 13.2 Å². The molecular formula is C7H4BrF3N2O. The molecular weight excluding hydrogens is 265 g/mol. The number of carbonyl (C=O) groups is 1. The fourth-order valence-electron chi connectivity index (χ4n) is 0.674. The van der Waals surface area contributed by atoms with E-state index in [1.54, 1.807) is 0 Å². The largest absolute Gasteiger partial charge is 0.450 e. The minimum Gasteiger partial charge on any atom is -0.289 e. The van der Waals surface area contributed by atoms with Crippen LogP contribution in [0.5, 0.6) is 0 Å². The number of hydrogen-bond donors (Lipinski definition) is 0. The van der Waals surface area contributed by atoms with Crippen molar-refractivity contribution in [1.82, 2.24) is 9.97 Å². The summed E-state index contributed by atoms with van der Waals surface area (Å²) >= 11 is 3.02. The molecule has 14 heavy (non-hydrogen) atoms. The zero-order valence-electron chi connectivity index (χ0n) is 6.68. The molecule has 0 spiro atoms. The first-order valence-corrected chi connectivity index (χ1v) is 4.25. The van der Waals surface area contributed by atoms with Gasteiger partial charge in [0.1, 0.15) is 5.82 Å². The van der Waals surface area contributed by atoms with Crippen LogP contribution in [0.2, 0.25) is 0 Å². The summed E-state index contributed by atoms with van der Waals surface area (Å²) in [5, 5.41) is 0. The molecule has 0 amide bonds. The van der Waals surface area contributed by atoms with Crippen molar-refractivity contribution < 1.29 is 18.0 Å². The maximum atomic E-state index is 11.8. The lowest BCUT2D eigenvalue weighted by Gasteiger charge is -2.03. The summed E-state index contributed by atoms with van der Waals surface area (Å²) in [4.78, 5) is 17.6. The quantitative estimate of drug-likeness (QED) is 0.823. The van der Waals surface area contributed by atoms with Crippen LogP contribution in [0, 0.1) is 0 Å².